The molecule has 0 saturated heterocycles. The SMILES string of the molecule is CCCCCOC.CCN(C)CC.CCOCC. The molecule has 3 nitrogen and oxygen atoms in total. The van der Waals surface area contributed by atoms with Gasteiger partial charge in [0.05, 0.1) is 0 Å². The van der Waals surface area contributed by atoms with Crippen LogP contribution in [0.25, 0.3) is 0 Å². The molecule has 0 rings (SSSR count). The Morgan fingerprint density at radius 3 is 1.50 bits per heavy atom. The molecule has 0 aromatic rings. The molecule has 0 aromatic carbocycles. The zero-order valence-electron chi connectivity index (χ0n) is 13.9. The van der Waals surface area contributed by atoms with E-state index in [9.17, 15) is 0 Å². The van der Waals surface area contributed by atoms with Gasteiger partial charge in [0, 0.05) is 26.9 Å². The van der Waals surface area contributed by atoms with Crippen LogP contribution in [0.1, 0.15) is 53.9 Å². The highest BCUT2D eigenvalue weighted by Gasteiger charge is 1.81. The molecule has 114 valence electrons. The molecule has 0 aliphatic rings. The minimum absolute atomic E-state index is 0.844. The van der Waals surface area contributed by atoms with Crippen molar-refractivity contribution in [2.75, 3.05) is 47.1 Å². The van der Waals surface area contributed by atoms with Crippen molar-refractivity contribution in [3.8, 4) is 0 Å². The van der Waals surface area contributed by atoms with Crippen LogP contribution >= 0.6 is 0 Å². The molecule has 0 heterocycles. The Hall–Kier alpha value is -0.120. The smallest absolute Gasteiger partial charge is 0.0462 e. The summed E-state index contributed by atoms with van der Waals surface area (Å²) in [5, 5.41) is 0. The topological polar surface area (TPSA) is 21.7 Å². The lowest BCUT2D eigenvalue weighted by atomic mass is 10.3. The third-order valence-electron chi connectivity index (χ3n) is 2.44. The molecule has 0 radical (unpaired) electrons. The zero-order valence-corrected chi connectivity index (χ0v) is 13.9. The molecule has 18 heavy (non-hydrogen) atoms. The van der Waals surface area contributed by atoms with Crippen LogP contribution in [0.4, 0.5) is 0 Å². The Balaban J connectivity index is -0.000000190. The summed E-state index contributed by atoms with van der Waals surface area (Å²) in [5.41, 5.74) is 0. The van der Waals surface area contributed by atoms with Crippen molar-refractivity contribution in [1.82, 2.24) is 4.90 Å². The van der Waals surface area contributed by atoms with E-state index in [1.807, 2.05) is 13.8 Å². The molecule has 0 fully saturated rings. The molecule has 0 saturated carbocycles. The number of hydrogen-bond acceptors (Lipinski definition) is 3. The maximum atomic E-state index is 4.84. The van der Waals surface area contributed by atoms with E-state index in [2.05, 4.69) is 32.7 Å². The molecule has 0 unspecified atom stereocenters. The molecular weight excluding hydrogens is 226 g/mol. The number of ether oxygens (including phenoxy) is 2. The Morgan fingerprint density at radius 1 is 0.833 bits per heavy atom. The number of hydrogen-bond donors (Lipinski definition) is 0. The summed E-state index contributed by atoms with van der Waals surface area (Å²) in [6, 6.07) is 0. The van der Waals surface area contributed by atoms with Gasteiger partial charge in [-0.25, -0.2) is 0 Å². The van der Waals surface area contributed by atoms with E-state index in [0.717, 1.165) is 32.9 Å². The third-order valence-corrected chi connectivity index (χ3v) is 2.44. The van der Waals surface area contributed by atoms with Crippen LogP contribution in [0.2, 0.25) is 0 Å². The van der Waals surface area contributed by atoms with E-state index >= 15 is 0 Å². The van der Waals surface area contributed by atoms with Gasteiger partial charge < -0.3 is 14.4 Å². The van der Waals surface area contributed by atoms with Crippen LogP contribution in [0.15, 0.2) is 0 Å². The summed E-state index contributed by atoms with van der Waals surface area (Å²) in [4.78, 5) is 2.25. The second-order valence-electron chi connectivity index (χ2n) is 3.97. The molecule has 0 spiro atoms. The lowest BCUT2D eigenvalue weighted by Crippen LogP contribution is -2.15. The van der Waals surface area contributed by atoms with Crippen molar-refractivity contribution in [1.29, 1.82) is 0 Å². The second kappa shape index (κ2) is 25.7. The summed E-state index contributed by atoms with van der Waals surface area (Å²) in [6.45, 7) is 15.4. The average Bonchev–Trinajstić information content (AvgIpc) is 2.41. The van der Waals surface area contributed by atoms with Gasteiger partial charge in [-0.15, -0.1) is 0 Å². The van der Waals surface area contributed by atoms with Crippen molar-refractivity contribution < 1.29 is 9.47 Å². The minimum atomic E-state index is 0.844. The summed E-state index contributed by atoms with van der Waals surface area (Å²) in [5.74, 6) is 0. The predicted octanol–water partition coefficient (Wildman–Crippen LogP) is 3.82. The first-order chi connectivity index (χ1) is 8.64. The largest absolute Gasteiger partial charge is 0.385 e. The lowest BCUT2D eigenvalue weighted by Gasteiger charge is -2.07. The molecule has 0 N–H and O–H groups in total. The Kier molecular flexibility index (Phi) is 32.8. The average molecular weight is 263 g/mol. The maximum absolute atomic E-state index is 4.84. The van der Waals surface area contributed by atoms with Gasteiger partial charge in [-0.2, -0.15) is 0 Å². The molecule has 0 aromatic heterocycles. The standard InChI is InChI=1S/C6H14O.C5H13N.C4H10O/c1-3-4-5-6-7-2;1-4-6(3)5-2;1-3-5-4-2/h3-6H2,1-2H3;4-5H2,1-3H3;3-4H2,1-2H3. The molecule has 0 atom stereocenters. The summed E-state index contributed by atoms with van der Waals surface area (Å²) < 4.78 is 9.68. The van der Waals surface area contributed by atoms with E-state index in [4.69, 9.17) is 9.47 Å². The molecule has 0 aliphatic carbocycles. The summed E-state index contributed by atoms with van der Waals surface area (Å²) in [7, 11) is 3.86. The van der Waals surface area contributed by atoms with Crippen molar-refractivity contribution in [2.45, 2.75) is 53.9 Å². The normalized spacial score (nSPS) is 9.33. The van der Waals surface area contributed by atoms with Gasteiger partial charge in [-0.3, -0.25) is 0 Å². The minimum Gasteiger partial charge on any atom is -0.385 e. The highest BCUT2D eigenvalue weighted by Crippen LogP contribution is 1.91. The van der Waals surface area contributed by atoms with E-state index in [0.29, 0.717) is 0 Å². The Bertz CT molecular complexity index is 101. The highest BCUT2D eigenvalue weighted by atomic mass is 16.5. The summed E-state index contributed by atoms with van der Waals surface area (Å²) >= 11 is 0. The first-order valence-corrected chi connectivity index (χ1v) is 7.39. The van der Waals surface area contributed by atoms with Crippen LogP contribution in [0.5, 0.6) is 0 Å². The van der Waals surface area contributed by atoms with E-state index in [1.54, 1.807) is 7.11 Å². The molecular formula is C15H37NO2. The quantitative estimate of drug-likeness (QED) is 0.621. The number of nitrogens with zero attached hydrogens (tertiary/aromatic N) is 1. The number of methoxy groups -OCH3 is 1. The van der Waals surface area contributed by atoms with Crippen molar-refractivity contribution in [3.63, 3.8) is 0 Å². The van der Waals surface area contributed by atoms with Gasteiger partial charge >= 0.3 is 0 Å². The van der Waals surface area contributed by atoms with Crippen LogP contribution in [-0.2, 0) is 9.47 Å². The predicted molar refractivity (Wildman–Crippen MR) is 82.4 cm³/mol. The second-order valence-corrected chi connectivity index (χ2v) is 3.97. The first kappa shape index (κ1) is 23.0. The third kappa shape index (κ3) is 36.0. The van der Waals surface area contributed by atoms with Crippen LogP contribution < -0.4 is 0 Å². The molecule has 0 amide bonds. The van der Waals surface area contributed by atoms with Gasteiger partial charge in [0.15, 0.2) is 0 Å². The van der Waals surface area contributed by atoms with E-state index in [1.165, 1.54) is 19.3 Å². The Labute approximate surface area is 116 Å². The van der Waals surface area contributed by atoms with Crippen LogP contribution in [-0.4, -0.2) is 52.0 Å². The fourth-order valence-corrected chi connectivity index (χ4v) is 0.924. The first-order valence-electron chi connectivity index (χ1n) is 7.39. The number of unbranched alkanes of at least 4 members (excludes halogenated alkanes) is 2. The van der Waals surface area contributed by atoms with E-state index in [-0.39, 0.29) is 0 Å². The fourth-order valence-electron chi connectivity index (χ4n) is 0.924. The van der Waals surface area contributed by atoms with Crippen molar-refractivity contribution in [2.24, 2.45) is 0 Å². The monoisotopic (exact) mass is 263 g/mol. The van der Waals surface area contributed by atoms with Gasteiger partial charge in [0.2, 0.25) is 0 Å². The van der Waals surface area contributed by atoms with Crippen molar-refractivity contribution >= 4 is 0 Å². The molecule has 3 heteroatoms. The van der Waals surface area contributed by atoms with Crippen LogP contribution in [0.3, 0.4) is 0 Å². The maximum Gasteiger partial charge on any atom is 0.0462 e. The number of rotatable bonds is 8. The van der Waals surface area contributed by atoms with Gasteiger partial charge in [0.25, 0.3) is 0 Å². The van der Waals surface area contributed by atoms with Crippen molar-refractivity contribution in [3.05, 3.63) is 0 Å². The Morgan fingerprint density at radius 2 is 1.33 bits per heavy atom. The summed E-state index contributed by atoms with van der Waals surface area (Å²) in [6.07, 6.45) is 3.80. The fraction of sp³-hybridized carbons (Fsp3) is 1.00. The van der Waals surface area contributed by atoms with Gasteiger partial charge in [-0.05, 0) is 40.4 Å². The lowest BCUT2D eigenvalue weighted by molar-refractivity contribution is 0.162. The van der Waals surface area contributed by atoms with Crippen LogP contribution in [0, 0.1) is 0 Å². The van der Waals surface area contributed by atoms with Gasteiger partial charge in [0.1, 0.15) is 0 Å². The molecule has 0 bridgehead atoms. The van der Waals surface area contributed by atoms with Gasteiger partial charge in [-0.1, -0.05) is 33.6 Å². The highest BCUT2D eigenvalue weighted by molar-refractivity contribution is 4.36. The van der Waals surface area contributed by atoms with E-state index < -0.39 is 0 Å². The molecule has 0 aliphatic heterocycles. The zero-order chi connectivity index (χ0) is 14.6.